The van der Waals surface area contributed by atoms with Crippen LogP contribution >= 0.6 is 0 Å². The zero-order valence-corrected chi connectivity index (χ0v) is 39.6. The molecule has 0 radical (unpaired) electrons. The van der Waals surface area contributed by atoms with E-state index in [0.717, 1.165) is 67.5 Å². The van der Waals surface area contributed by atoms with Gasteiger partial charge in [0.2, 0.25) is 0 Å². The van der Waals surface area contributed by atoms with Crippen molar-refractivity contribution in [3.05, 3.63) is 288 Å². The third-order valence-electron chi connectivity index (χ3n) is 15.5. The summed E-state index contributed by atoms with van der Waals surface area (Å²) < 4.78 is 7.08. The molecular weight excluding hydrogens is 861 g/mol. The minimum absolute atomic E-state index is 0.203. The van der Waals surface area contributed by atoms with E-state index in [2.05, 4.69) is 278 Å². The van der Waals surface area contributed by atoms with Gasteiger partial charge in [-0.3, -0.25) is 0 Å². The first-order chi connectivity index (χ1) is 35.0. The summed E-state index contributed by atoms with van der Waals surface area (Å²) >= 11 is 0. The molecule has 0 amide bonds. The predicted octanol–water partition coefficient (Wildman–Crippen LogP) is 18.2. The maximum Gasteiger partial charge on any atom is 0.137 e. The van der Waals surface area contributed by atoms with Crippen LogP contribution in [-0.2, 0) is 10.8 Å². The number of ether oxygens (including phenoxy) is 1. The van der Waals surface area contributed by atoms with Crippen LogP contribution in [0.5, 0.6) is 11.5 Å². The van der Waals surface area contributed by atoms with Crippen molar-refractivity contribution in [1.82, 2.24) is 0 Å². The molecule has 0 N–H and O–H groups in total. The first kappa shape index (κ1) is 41.1. The molecule has 0 saturated heterocycles. The number of para-hydroxylation sites is 2. The van der Waals surface area contributed by atoms with Gasteiger partial charge in [0.25, 0.3) is 0 Å². The Morgan fingerprint density at radius 1 is 0.324 bits per heavy atom. The number of anilines is 6. The third kappa shape index (κ3) is 5.96. The molecule has 11 aromatic rings. The number of hydrogen-bond acceptors (Lipinski definition) is 3. The van der Waals surface area contributed by atoms with Crippen LogP contribution < -0.4 is 14.5 Å². The smallest absolute Gasteiger partial charge is 0.137 e. The summed E-state index contributed by atoms with van der Waals surface area (Å²) in [7, 11) is 0. The van der Waals surface area contributed by atoms with Gasteiger partial charge in [-0.2, -0.15) is 0 Å². The fourth-order valence-corrected chi connectivity index (χ4v) is 12.5. The van der Waals surface area contributed by atoms with Crippen LogP contribution in [0, 0.1) is 0 Å². The van der Waals surface area contributed by atoms with Gasteiger partial charge < -0.3 is 14.5 Å². The minimum Gasteiger partial charge on any atom is -0.456 e. The Labute approximate surface area is 415 Å². The summed E-state index contributed by atoms with van der Waals surface area (Å²) in [5.41, 5.74) is 20.7. The van der Waals surface area contributed by atoms with Gasteiger partial charge >= 0.3 is 0 Å². The van der Waals surface area contributed by atoms with E-state index in [1.165, 1.54) is 55.6 Å². The van der Waals surface area contributed by atoms with Gasteiger partial charge in [0.1, 0.15) is 11.5 Å². The minimum atomic E-state index is -0.561. The molecule has 1 heterocycles. The number of rotatable bonds is 8. The average molecular weight is 909 g/mol. The lowest BCUT2D eigenvalue weighted by Crippen LogP contribution is -2.28. The fraction of sp³-hybridized carbons (Fsp3) is 0.0588. The van der Waals surface area contributed by atoms with E-state index < -0.39 is 5.41 Å². The summed E-state index contributed by atoms with van der Waals surface area (Å²) in [6.45, 7) is 4.75. The highest BCUT2D eigenvalue weighted by molar-refractivity contribution is 6.14. The molecule has 71 heavy (non-hydrogen) atoms. The van der Waals surface area contributed by atoms with Crippen molar-refractivity contribution in [2.75, 3.05) is 9.80 Å². The van der Waals surface area contributed by atoms with Crippen LogP contribution in [0.3, 0.4) is 0 Å². The second-order valence-electron chi connectivity index (χ2n) is 19.5. The molecule has 11 aromatic carbocycles. The van der Waals surface area contributed by atoms with Crippen molar-refractivity contribution in [2.45, 2.75) is 24.7 Å². The van der Waals surface area contributed by atoms with Crippen molar-refractivity contribution in [1.29, 1.82) is 0 Å². The zero-order valence-electron chi connectivity index (χ0n) is 39.6. The molecule has 1 aliphatic heterocycles. The van der Waals surface area contributed by atoms with Crippen LogP contribution in [0.25, 0.3) is 44.2 Å². The Hall–Kier alpha value is -8.92. The first-order valence-corrected chi connectivity index (χ1v) is 24.7. The number of fused-ring (bicyclic) bond motifs is 8. The largest absolute Gasteiger partial charge is 0.456 e. The van der Waals surface area contributed by atoms with Gasteiger partial charge in [0.05, 0.1) is 22.5 Å². The SMILES string of the molecule is CC1(C)c2ccccc2-c2ccc(N(c3cccc4c3-c3ccccc3C4(c3ccccc3)c3ccccc3)c3ccc4c5c(cccc35)-c3c(cccc3N(c3ccccc3)c3ccccc3)O4)cc21. The van der Waals surface area contributed by atoms with Crippen LogP contribution in [0.1, 0.15) is 47.2 Å². The van der Waals surface area contributed by atoms with Crippen molar-refractivity contribution < 1.29 is 4.74 Å². The molecule has 0 spiro atoms. The topological polar surface area (TPSA) is 15.7 Å². The van der Waals surface area contributed by atoms with Gasteiger partial charge in [-0.1, -0.05) is 202 Å². The van der Waals surface area contributed by atoms with E-state index in [-0.39, 0.29) is 5.41 Å². The molecular formula is C68H48N2O. The van der Waals surface area contributed by atoms with E-state index in [9.17, 15) is 0 Å². The molecule has 0 fully saturated rings. The number of benzene rings is 11. The lowest BCUT2D eigenvalue weighted by Gasteiger charge is -2.35. The summed E-state index contributed by atoms with van der Waals surface area (Å²) in [5.74, 6) is 1.68. The Bertz CT molecular complexity index is 3800. The Morgan fingerprint density at radius 2 is 0.859 bits per heavy atom. The molecule has 336 valence electrons. The fourth-order valence-electron chi connectivity index (χ4n) is 12.5. The molecule has 0 aromatic heterocycles. The molecule has 3 nitrogen and oxygen atoms in total. The highest BCUT2D eigenvalue weighted by Crippen LogP contribution is 2.61. The standard InChI is InChI=1S/C68H48N2O/c1-67(2)55-34-17-15-30-50(55)51-41-40-49(44-58(51)67)70(60-37-20-36-57-65(60)52-31-16-18-35-56(52)68(57,45-22-7-3-8-23-45)46-24-9-4-10-25-46)59-42-43-63-64-53(59)32-19-33-54(64)66-61(38-21-39-62(66)71-63)69(47-26-11-5-12-27-47)48-28-13-6-14-29-48/h3-44H,1-2H3. The van der Waals surface area contributed by atoms with Crippen LogP contribution in [0.2, 0.25) is 0 Å². The monoisotopic (exact) mass is 908 g/mol. The van der Waals surface area contributed by atoms with Crippen molar-refractivity contribution in [3.8, 4) is 44.9 Å². The van der Waals surface area contributed by atoms with Gasteiger partial charge in [-0.15, -0.1) is 0 Å². The Kier molecular flexibility index (Phi) is 9.15. The molecule has 2 aliphatic carbocycles. The quantitative estimate of drug-likeness (QED) is 0.151. The van der Waals surface area contributed by atoms with Crippen molar-refractivity contribution in [2.24, 2.45) is 0 Å². The van der Waals surface area contributed by atoms with Gasteiger partial charge in [-0.05, 0) is 122 Å². The van der Waals surface area contributed by atoms with Crippen molar-refractivity contribution in [3.63, 3.8) is 0 Å². The molecule has 3 heteroatoms. The highest BCUT2D eigenvalue weighted by atomic mass is 16.5. The highest BCUT2D eigenvalue weighted by Gasteiger charge is 2.47. The molecule has 14 rings (SSSR count). The lowest BCUT2D eigenvalue weighted by molar-refractivity contribution is 0.487. The Morgan fingerprint density at radius 3 is 1.55 bits per heavy atom. The lowest BCUT2D eigenvalue weighted by atomic mass is 9.68. The van der Waals surface area contributed by atoms with Crippen molar-refractivity contribution >= 4 is 44.9 Å². The summed E-state index contributed by atoms with van der Waals surface area (Å²) in [6, 6.07) is 93.4. The predicted molar refractivity (Wildman–Crippen MR) is 294 cm³/mol. The van der Waals surface area contributed by atoms with Crippen LogP contribution in [-0.4, -0.2) is 0 Å². The number of nitrogens with zero attached hydrogens (tertiary/aromatic N) is 2. The first-order valence-electron chi connectivity index (χ1n) is 24.7. The molecule has 0 unspecified atom stereocenters. The van der Waals surface area contributed by atoms with E-state index in [0.29, 0.717) is 0 Å². The third-order valence-corrected chi connectivity index (χ3v) is 15.5. The van der Waals surface area contributed by atoms with Crippen LogP contribution in [0.4, 0.5) is 34.1 Å². The van der Waals surface area contributed by atoms with Gasteiger partial charge in [0, 0.05) is 44.4 Å². The van der Waals surface area contributed by atoms with E-state index in [4.69, 9.17) is 4.74 Å². The van der Waals surface area contributed by atoms with E-state index in [1.54, 1.807) is 0 Å². The maximum atomic E-state index is 7.08. The second-order valence-corrected chi connectivity index (χ2v) is 19.5. The van der Waals surface area contributed by atoms with Crippen LogP contribution in [0.15, 0.2) is 255 Å². The summed E-state index contributed by atoms with van der Waals surface area (Å²) in [5, 5.41) is 2.19. The normalized spacial score (nSPS) is 13.8. The average Bonchev–Trinajstić information content (AvgIpc) is 3.86. The van der Waals surface area contributed by atoms with Gasteiger partial charge in [0.15, 0.2) is 0 Å². The maximum absolute atomic E-state index is 7.08. The number of hydrogen-bond donors (Lipinski definition) is 0. The second kappa shape index (κ2) is 15.8. The molecule has 0 bridgehead atoms. The molecule has 0 saturated carbocycles. The van der Waals surface area contributed by atoms with Gasteiger partial charge in [-0.25, -0.2) is 0 Å². The zero-order chi connectivity index (χ0) is 47.3. The summed E-state index contributed by atoms with van der Waals surface area (Å²) in [6.07, 6.45) is 0. The Balaban J connectivity index is 1.05. The summed E-state index contributed by atoms with van der Waals surface area (Å²) in [4.78, 5) is 4.90. The molecule has 3 aliphatic rings. The van der Waals surface area contributed by atoms with E-state index in [1.807, 2.05) is 0 Å². The molecule has 0 atom stereocenters. The van der Waals surface area contributed by atoms with E-state index >= 15 is 0 Å².